The van der Waals surface area contributed by atoms with Crippen LogP contribution in [0.1, 0.15) is 16.7 Å². The fourth-order valence-corrected chi connectivity index (χ4v) is 1.77. The van der Waals surface area contributed by atoms with Crippen LogP contribution < -0.4 is 5.32 Å². The van der Waals surface area contributed by atoms with E-state index < -0.39 is 0 Å². The van der Waals surface area contributed by atoms with Gasteiger partial charge in [0.25, 0.3) is 0 Å². The highest BCUT2D eigenvalue weighted by molar-refractivity contribution is 5.91. The minimum absolute atomic E-state index is 0.220. The lowest BCUT2D eigenvalue weighted by atomic mass is 10.1. The number of amides is 1. The molecule has 2 aromatic rings. The predicted octanol–water partition coefficient (Wildman–Crippen LogP) is 3.60. The first-order valence-corrected chi connectivity index (χ1v) is 6.52. The number of carbonyl (C=O) groups is 1. The highest BCUT2D eigenvalue weighted by Gasteiger charge is 2.02. The Bertz CT molecular complexity index is 680. The predicted molar refractivity (Wildman–Crippen MR) is 78.4 cm³/mol. The maximum atomic E-state index is 13.3. The third-order valence-corrected chi connectivity index (χ3v) is 3.02. The maximum Gasteiger partial charge on any atom is 0.244 e. The highest BCUT2D eigenvalue weighted by Crippen LogP contribution is 2.09. The molecule has 4 heteroatoms. The lowest BCUT2D eigenvalue weighted by Gasteiger charge is -2.04. The zero-order valence-corrected chi connectivity index (χ0v) is 11.6. The third kappa shape index (κ3) is 4.24. The van der Waals surface area contributed by atoms with Crippen molar-refractivity contribution in [3.8, 4) is 0 Å². The fraction of sp³-hybridized carbons (Fsp3) is 0.118. The molecule has 1 amide bonds. The summed E-state index contributed by atoms with van der Waals surface area (Å²) >= 11 is 0. The van der Waals surface area contributed by atoms with Gasteiger partial charge in [-0.1, -0.05) is 30.3 Å². The topological polar surface area (TPSA) is 29.1 Å². The summed E-state index contributed by atoms with van der Waals surface area (Å²) in [6, 6.07) is 11.0. The van der Waals surface area contributed by atoms with Crippen LogP contribution >= 0.6 is 0 Å². The lowest BCUT2D eigenvalue weighted by Crippen LogP contribution is -2.20. The van der Waals surface area contributed by atoms with E-state index in [2.05, 4.69) is 5.32 Å². The van der Waals surface area contributed by atoms with E-state index >= 15 is 0 Å². The van der Waals surface area contributed by atoms with Gasteiger partial charge in [-0.05, 0) is 36.3 Å². The highest BCUT2D eigenvalue weighted by atomic mass is 19.1. The lowest BCUT2D eigenvalue weighted by molar-refractivity contribution is -0.116. The van der Waals surface area contributed by atoms with Crippen LogP contribution in [0.3, 0.4) is 0 Å². The Kier molecular flexibility index (Phi) is 4.82. The Morgan fingerprint density at radius 3 is 2.62 bits per heavy atom. The summed E-state index contributed by atoms with van der Waals surface area (Å²) in [6.07, 6.45) is 2.66. The number of carbonyl (C=O) groups excluding carboxylic acids is 1. The zero-order valence-electron chi connectivity index (χ0n) is 11.6. The second-order valence-corrected chi connectivity index (χ2v) is 4.66. The summed E-state index contributed by atoms with van der Waals surface area (Å²) in [4.78, 5) is 11.6. The fourth-order valence-electron chi connectivity index (χ4n) is 1.77. The Morgan fingerprint density at radius 1 is 1.14 bits per heavy atom. The maximum absolute atomic E-state index is 13.3. The van der Waals surface area contributed by atoms with E-state index in [9.17, 15) is 13.6 Å². The quantitative estimate of drug-likeness (QED) is 0.855. The molecule has 0 bridgehead atoms. The van der Waals surface area contributed by atoms with Gasteiger partial charge in [0, 0.05) is 18.2 Å². The molecule has 0 aliphatic heterocycles. The summed E-state index contributed by atoms with van der Waals surface area (Å²) < 4.78 is 26.7. The van der Waals surface area contributed by atoms with E-state index in [4.69, 9.17) is 0 Å². The molecule has 108 valence electrons. The van der Waals surface area contributed by atoms with E-state index in [0.29, 0.717) is 16.7 Å². The van der Waals surface area contributed by atoms with Crippen LogP contribution in [-0.2, 0) is 11.3 Å². The summed E-state index contributed by atoms with van der Waals surface area (Å²) in [7, 11) is 0. The first kappa shape index (κ1) is 14.9. The molecular weight excluding hydrogens is 272 g/mol. The van der Waals surface area contributed by atoms with Crippen molar-refractivity contribution in [2.24, 2.45) is 0 Å². The minimum atomic E-state index is -0.387. The molecule has 2 nitrogen and oxygen atoms in total. The summed E-state index contributed by atoms with van der Waals surface area (Å²) in [5, 5.41) is 2.62. The van der Waals surface area contributed by atoms with Crippen molar-refractivity contribution in [3.05, 3.63) is 76.9 Å². The number of halogens is 2. The molecule has 21 heavy (non-hydrogen) atoms. The van der Waals surface area contributed by atoms with Crippen molar-refractivity contribution in [1.82, 2.24) is 5.32 Å². The zero-order chi connectivity index (χ0) is 15.2. The minimum Gasteiger partial charge on any atom is -0.348 e. The van der Waals surface area contributed by atoms with Gasteiger partial charge in [0.15, 0.2) is 0 Å². The molecule has 0 saturated heterocycles. The number of benzene rings is 2. The van der Waals surface area contributed by atoms with Gasteiger partial charge in [-0.2, -0.15) is 0 Å². The van der Waals surface area contributed by atoms with Crippen molar-refractivity contribution in [3.63, 3.8) is 0 Å². The van der Waals surface area contributed by atoms with Crippen LogP contribution in [0.2, 0.25) is 0 Å². The van der Waals surface area contributed by atoms with E-state index in [1.165, 1.54) is 24.3 Å². The molecule has 2 aromatic carbocycles. The molecule has 0 radical (unpaired) electrons. The average Bonchev–Trinajstić information content (AvgIpc) is 2.47. The Labute approximate surface area is 122 Å². The molecule has 0 unspecified atom stereocenters. The van der Waals surface area contributed by atoms with Crippen molar-refractivity contribution in [2.45, 2.75) is 13.5 Å². The van der Waals surface area contributed by atoms with Gasteiger partial charge in [0.1, 0.15) is 11.6 Å². The third-order valence-electron chi connectivity index (χ3n) is 3.02. The van der Waals surface area contributed by atoms with Crippen LogP contribution in [0.5, 0.6) is 0 Å². The first-order valence-electron chi connectivity index (χ1n) is 6.52. The Hall–Kier alpha value is -2.49. The van der Waals surface area contributed by atoms with E-state index in [0.717, 1.165) is 0 Å². The Balaban J connectivity index is 1.93. The molecule has 0 saturated carbocycles. The normalized spacial score (nSPS) is 10.8. The molecule has 0 aliphatic carbocycles. The number of hydrogen-bond acceptors (Lipinski definition) is 1. The van der Waals surface area contributed by atoms with Gasteiger partial charge in [-0.25, -0.2) is 8.78 Å². The first-order chi connectivity index (χ1) is 10.1. The second kappa shape index (κ2) is 6.79. The van der Waals surface area contributed by atoms with Crippen LogP contribution in [-0.4, -0.2) is 5.91 Å². The monoisotopic (exact) mass is 287 g/mol. The van der Waals surface area contributed by atoms with Gasteiger partial charge in [-0.3, -0.25) is 4.79 Å². The second-order valence-electron chi connectivity index (χ2n) is 4.66. The van der Waals surface area contributed by atoms with Gasteiger partial charge >= 0.3 is 0 Å². The number of hydrogen-bond donors (Lipinski definition) is 1. The number of rotatable bonds is 4. The van der Waals surface area contributed by atoms with Crippen molar-refractivity contribution >= 4 is 12.0 Å². The molecule has 0 aromatic heterocycles. The van der Waals surface area contributed by atoms with E-state index in [1.54, 1.807) is 37.3 Å². The molecule has 0 heterocycles. The average molecular weight is 287 g/mol. The SMILES string of the molecule is Cc1ccc(CNC(=O)/C=C/c2ccccc2F)cc1F. The summed E-state index contributed by atoms with van der Waals surface area (Å²) in [6.45, 7) is 1.90. The van der Waals surface area contributed by atoms with Crippen LogP contribution in [0.15, 0.2) is 48.5 Å². The van der Waals surface area contributed by atoms with Crippen molar-refractivity contribution < 1.29 is 13.6 Å². The van der Waals surface area contributed by atoms with Gasteiger partial charge in [-0.15, -0.1) is 0 Å². The standard InChI is InChI=1S/C17H15F2NO/c1-12-6-7-13(10-16(12)19)11-20-17(21)9-8-14-4-2-3-5-15(14)18/h2-10H,11H2,1H3,(H,20,21)/b9-8+. The van der Waals surface area contributed by atoms with Crippen LogP contribution in [0, 0.1) is 18.6 Å². The van der Waals surface area contributed by atoms with Crippen LogP contribution in [0.25, 0.3) is 6.08 Å². The van der Waals surface area contributed by atoms with Gasteiger partial charge in [0.2, 0.25) is 5.91 Å². The molecule has 0 aliphatic rings. The van der Waals surface area contributed by atoms with Crippen molar-refractivity contribution in [2.75, 3.05) is 0 Å². The summed E-state index contributed by atoms with van der Waals surface area (Å²) in [5.74, 6) is -1.05. The van der Waals surface area contributed by atoms with Gasteiger partial charge < -0.3 is 5.32 Å². The number of nitrogens with one attached hydrogen (secondary N) is 1. The largest absolute Gasteiger partial charge is 0.348 e. The molecule has 0 fully saturated rings. The van der Waals surface area contributed by atoms with Gasteiger partial charge in [0.05, 0.1) is 0 Å². The van der Waals surface area contributed by atoms with Crippen molar-refractivity contribution in [1.29, 1.82) is 0 Å². The van der Waals surface area contributed by atoms with E-state index in [1.807, 2.05) is 0 Å². The van der Waals surface area contributed by atoms with E-state index in [-0.39, 0.29) is 24.1 Å². The van der Waals surface area contributed by atoms with Crippen LogP contribution in [0.4, 0.5) is 8.78 Å². The smallest absolute Gasteiger partial charge is 0.244 e. The molecule has 2 rings (SSSR count). The Morgan fingerprint density at radius 2 is 1.90 bits per heavy atom. The molecular formula is C17H15F2NO. The summed E-state index contributed by atoms with van der Waals surface area (Å²) in [5.41, 5.74) is 1.57. The molecule has 0 spiro atoms. The molecule has 1 N–H and O–H groups in total. The number of aryl methyl sites for hydroxylation is 1. The molecule has 0 atom stereocenters.